The summed E-state index contributed by atoms with van der Waals surface area (Å²) in [6, 6.07) is 5.09. The number of rotatable bonds is 6. The van der Waals surface area contributed by atoms with E-state index < -0.39 is 4.92 Å². The number of anilines is 1. The Labute approximate surface area is 101 Å². The third-order valence-electron chi connectivity index (χ3n) is 2.64. The van der Waals surface area contributed by atoms with Gasteiger partial charge in [-0.2, -0.15) is 0 Å². The Hall–Kier alpha value is -1.62. The van der Waals surface area contributed by atoms with Gasteiger partial charge in [0, 0.05) is 13.1 Å². The number of hydrogen-bond donors (Lipinski definition) is 1. The van der Waals surface area contributed by atoms with Gasteiger partial charge in [-0.15, -0.1) is 0 Å². The summed E-state index contributed by atoms with van der Waals surface area (Å²) >= 11 is 0. The zero-order chi connectivity index (χ0) is 12.8. The average Bonchev–Trinajstić information content (AvgIpc) is 2.35. The Morgan fingerprint density at radius 3 is 2.76 bits per heavy atom. The molecule has 0 aliphatic heterocycles. The van der Waals surface area contributed by atoms with Crippen molar-refractivity contribution in [3.8, 4) is 0 Å². The summed E-state index contributed by atoms with van der Waals surface area (Å²) < 4.78 is 5.54. The molecule has 1 rings (SSSR count). The second-order valence-electron chi connectivity index (χ2n) is 3.89. The molecule has 1 aromatic rings. The first-order chi connectivity index (χ1) is 8.08. The fourth-order valence-electron chi connectivity index (χ4n) is 1.39. The van der Waals surface area contributed by atoms with E-state index >= 15 is 0 Å². The number of ether oxygens (including phenoxy) is 1. The summed E-state index contributed by atoms with van der Waals surface area (Å²) in [6.07, 6.45) is 1.09. The zero-order valence-corrected chi connectivity index (χ0v) is 10.4. The number of nitro groups is 1. The van der Waals surface area contributed by atoms with E-state index in [0.29, 0.717) is 12.3 Å². The van der Waals surface area contributed by atoms with Crippen LogP contribution in [0.2, 0.25) is 0 Å². The van der Waals surface area contributed by atoms with Crippen LogP contribution in [0, 0.1) is 10.1 Å². The Morgan fingerprint density at radius 2 is 2.24 bits per heavy atom. The highest BCUT2D eigenvalue weighted by Crippen LogP contribution is 2.25. The quantitative estimate of drug-likeness (QED) is 0.611. The molecule has 5 heteroatoms. The van der Waals surface area contributed by atoms with Gasteiger partial charge in [0.15, 0.2) is 0 Å². The van der Waals surface area contributed by atoms with Gasteiger partial charge in [0.1, 0.15) is 5.69 Å². The first-order valence-electron chi connectivity index (χ1n) is 5.65. The largest absolute Gasteiger partial charge is 0.383 e. The molecule has 1 N–H and O–H groups in total. The van der Waals surface area contributed by atoms with Gasteiger partial charge < -0.3 is 10.1 Å². The number of nitro benzene ring substituents is 1. The third kappa shape index (κ3) is 3.71. The minimum absolute atomic E-state index is 0.0813. The molecule has 0 saturated carbocycles. The molecule has 0 aliphatic carbocycles. The van der Waals surface area contributed by atoms with E-state index in [0.717, 1.165) is 12.0 Å². The van der Waals surface area contributed by atoms with Crippen LogP contribution in [0.15, 0.2) is 18.2 Å². The van der Waals surface area contributed by atoms with Crippen LogP contribution in [0.25, 0.3) is 0 Å². The standard InChI is InChI=1S/C12H18N2O3/c1-4-9(2)17-8-10-5-6-11(13-3)12(7-10)14(15)16/h5-7,9,13H,4,8H2,1-3H3. The minimum atomic E-state index is -0.390. The maximum Gasteiger partial charge on any atom is 0.292 e. The van der Waals surface area contributed by atoms with E-state index in [1.807, 2.05) is 19.9 Å². The molecule has 94 valence electrons. The van der Waals surface area contributed by atoms with E-state index in [2.05, 4.69) is 5.32 Å². The molecule has 0 spiro atoms. The first-order valence-corrected chi connectivity index (χ1v) is 5.65. The van der Waals surface area contributed by atoms with Crippen LogP contribution in [-0.4, -0.2) is 18.1 Å². The maximum absolute atomic E-state index is 10.9. The molecule has 1 unspecified atom stereocenters. The van der Waals surface area contributed by atoms with Crippen molar-refractivity contribution in [1.82, 2.24) is 0 Å². The Kier molecular flexibility index (Phi) is 4.90. The minimum Gasteiger partial charge on any atom is -0.383 e. The monoisotopic (exact) mass is 238 g/mol. The highest BCUT2D eigenvalue weighted by molar-refractivity contribution is 5.62. The van der Waals surface area contributed by atoms with Gasteiger partial charge in [-0.25, -0.2) is 0 Å². The van der Waals surface area contributed by atoms with E-state index in [1.165, 1.54) is 0 Å². The van der Waals surface area contributed by atoms with Gasteiger partial charge in [0.2, 0.25) is 0 Å². The molecule has 0 bridgehead atoms. The molecule has 1 aromatic carbocycles. The second kappa shape index (κ2) is 6.20. The van der Waals surface area contributed by atoms with Crippen LogP contribution in [0.1, 0.15) is 25.8 Å². The maximum atomic E-state index is 10.9. The van der Waals surface area contributed by atoms with Crippen molar-refractivity contribution < 1.29 is 9.66 Å². The summed E-state index contributed by atoms with van der Waals surface area (Å²) in [5.41, 5.74) is 1.41. The van der Waals surface area contributed by atoms with Gasteiger partial charge in [-0.3, -0.25) is 10.1 Å². The van der Waals surface area contributed by atoms with Crippen molar-refractivity contribution in [1.29, 1.82) is 0 Å². The fraction of sp³-hybridized carbons (Fsp3) is 0.500. The lowest BCUT2D eigenvalue weighted by Crippen LogP contribution is -2.06. The van der Waals surface area contributed by atoms with Crippen molar-refractivity contribution in [2.75, 3.05) is 12.4 Å². The molecular formula is C12H18N2O3. The van der Waals surface area contributed by atoms with Crippen LogP contribution in [-0.2, 0) is 11.3 Å². The summed E-state index contributed by atoms with van der Waals surface area (Å²) in [4.78, 5) is 10.5. The topological polar surface area (TPSA) is 64.4 Å². The van der Waals surface area contributed by atoms with Crippen molar-refractivity contribution in [2.45, 2.75) is 33.0 Å². The van der Waals surface area contributed by atoms with Gasteiger partial charge in [0.05, 0.1) is 17.6 Å². The number of hydrogen-bond acceptors (Lipinski definition) is 4. The smallest absolute Gasteiger partial charge is 0.292 e. The molecular weight excluding hydrogens is 220 g/mol. The molecule has 0 fully saturated rings. The molecule has 17 heavy (non-hydrogen) atoms. The molecule has 0 saturated heterocycles. The van der Waals surface area contributed by atoms with Crippen LogP contribution in [0.5, 0.6) is 0 Å². The van der Waals surface area contributed by atoms with Crippen molar-refractivity contribution in [3.63, 3.8) is 0 Å². The van der Waals surface area contributed by atoms with Gasteiger partial charge >= 0.3 is 0 Å². The van der Waals surface area contributed by atoms with E-state index in [9.17, 15) is 10.1 Å². The van der Waals surface area contributed by atoms with E-state index in [4.69, 9.17) is 4.74 Å². The Bertz CT molecular complexity index is 393. The lowest BCUT2D eigenvalue weighted by Gasteiger charge is -2.11. The number of benzene rings is 1. The van der Waals surface area contributed by atoms with E-state index in [-0.39, 0.29) is 11.8 Å². The Balaban J connectivity index is 2.81. The summed E-state index contributed by atoms with van der Waals surface area (Å²) in [6.45, 7) is 4.42. The SMILES string of the molecule is CCC(C)OCc1ccc(NC)c([N+](=O)[O-])c1. The third-order valence-corrected chi connectivity index (χ3v) is 2.64. The normalized spacial score (nSPS) is 12.2. The van der Waals surface area contributed by atoms with Crippen LogP contribution in [0.4, 0.5) is 11.4 Å². The van der Waals surface area contributed by atoms with Gasteiger partial charge in [-0.1, -0.05) is 13.0 Å². The average molecular weight is 238 g/mol. The number of nitrogens with zero attached hydrogens (tertiary/aromatic N) is 1. The molecule has 0 amide bonds. The van der Waals surface area contributed by atoms with Crippen LogP contribution < -0.4 is 5.32 Å². The summed E-state index contributed by atoms with van der Waals surface area (Å²) in [5, 5.41) is 13.6. The van der Waals surface area contributed by atoms with Gasteiger partial charge in [-0.05, 0) is 25.0 Å². The fourth-order valence-corrected chi connectivity index (χ4v) is 1.39. The molecule has 0 aliphatic rings. The molecule has 0 radical (unpaired) electrons. The predicted octanol–water partition coefficient (Wildman–Crippen LogP) is 2.95. The highest BCUT2D eigenvalue weighted by Gasteiger charge is 2.13. The number of nitrogens with one attached hydrogen (secondary N) is 1. The van der Waals surface area contributed by atoms with Crippen molar-refractivity contribution in [2.24, 2.45) is 0 Å². The van der Waals surface area contributed by atoms with Gasteiger partial charge in [0.25, 0.3) is 5.69 Å². The molecule has 5 nitrogen and oxygen atoms in total. The summed E-state index contributed by atoms with van der Waals surface area (Å²) in [5.74, 6) is 0. The van der Waals surface area contributed by atoms with Crippen LogP contribution >= 0.6 is 0 Å². The predicted molar refractivity (Wildman–Crippen MR) is 67.2 cm³/mol. The lowest BCUT2D eigenvalue weighted by atomic mass is 10.2. The van der Waals surface area contributed by atoms with E-state index in [1.54, 1.807) is 19.2 Å². The van der Waals surface area contributed by atoms with Crippen molar-refractivity contribution in [3.05, 3.63) is 33.9 Å². The van der Waals surface area contributed by atoms with Crippen molar-refractivity contribution >= 4 is 11.4 Å². The molecule has 1 atom stereocenters. The summed E-state index contributed by atoms with van der Waals surface area (Å²) in [7, 11) is 1.66. The highest BCUT2D eigenvalue weighted by atomic mass is 16.6. The molecule has 0 heterocycles. The Morgan fingerprint density at radius 1 is 1.53 bits per heavy atom. The zero-order valence-electron chi connectivity index (χ0n) is 10.4. The lowest BCUT2D eigenvalue weighted by molar-refractivity contribution is -0.384. The second-order valence-corrected chi connectivity index (χ2v) is 3.89. The first kappa shape index (κ1) is 13.4. The molecule has 0 aromatic heterocycles. The van der Waals surface area contributed by atoms with Crippen LogP contribution in [0.3, 0.4) is 0 Å².